The second-order valence-electron chi connectivity index (χ2n) is 6.77. The van der Waals surface area contributed by atoms with Crippen molar-refractivity contribution in [3.8, 4) is 0 Å². The average Bonchev–Trinajstić information content (AvgIpc) is 2.75. The molecule has 1 atom stereocenters. The molecule has 4 rings (SSSR count). The summed E-state index contributed by atoms with van der Waals surface area (Å²) in [5.74, 6) is -0.867. The molecular formula is C23H17BrFN3O2. The van der Waals surface area contributed by atoms with Crippen LogP contribution in [0.4, 0.5) is 4.39 Å². The lowest BCUT2D eigenvalue weighted by molar-refractivity contribution is -0.122. The average molecular weight is 466 g/mol. The Labute approximate surface area is 180 Å². The van der Waals surface area contributed by atoms with E-state index >= 15 is 0 Å². The highest BCUT2D eigenvalue weighted by Gasteiger charge is 2.21. The molecule has 1 unspecified atom stereocenters. The zero-order valence-electron chi connectivity index (χ0n) is 15.8. The van der Waals surface area contributed by atoms with Crippen LogP contribution in [0.5, 0.6) is 0 Å². The van der Waals surface area contributed by atoms with Crippen molar-refractivity contribution in [2.75, 3.05) is 0 Å². The van der Waals surface area contributed by atoms with Gasteiger partial charge in [0.2, 0.25) is 5.91 Å². The van der Waals surface area contributed by atoms with Gasteiger partial charge >= 0.3 is 0 Å². The van der Waals surface area contributed by atoms with Crippen LogP contribution in [0.2, 0.25) is 0 Å². The van der Waals surface area contributed by atoms with Crippen LogP contribution in [-0.2, 0) is 11.3 Å². The Balaban J connectivity index is 1.64. The van der Waals surface area contributed by atoms with Gasteiger partial charge in [0, 0.05) is 10.0 Å². The molecule has 0 aliphatic carbocycles. The van der Waals surface area contributed by atoms with Gasteiger partial charge in [-0.15, -0.1) is 0 Å². The van der Waals surface area contributed by atoms with Gasteiger partial charge in [-0.3, -0.25) is 14.2 Å². The molecule has 4 aromatic rings. The number of amides is 1. The fraction of sp³-hybridized carbons (Fsp3) is 0.0870. The number of hydrogen-bond acceptors (Lipinski definition) is 3. The highest BCUT2D eigenvalue weighted by atomic mass is 79.9. The Morgan fingerprint density at radius 2 is 1.80 bits per heavy atom. The van der Waals surface area contributed by atoms with Crippen molar-refractivity contribution < 1.29 is 9.18 Å². The maximum atomic E-state index is 14.7. The number of para-hydroxylation sites is 1. The van der Waals surface area contributed by atoms with Crippen molar-refractivity contribution in [1.82, 2.24) is 14.9 Å². The third kappa shape index (κ3) is 4.16. The molecule has 0 saturated heterocycles. The first-order valence-electron chi connectivity index (χ1n) is 9.26. The first kappa shape index (κ1) is 20.0. The van der Waals surface area contributed by atoms with Crippen LogP contribution in [0.15, 0.2) is 88.4 Å². The van der Waals surface area contributed by atoms with Gasteiger partial charge in [-0.1, -0.05) is 64.5 Å². The van der Waals surface area contributed by atoms with E-state index in [0.717, 1.165) is 5.56 Å². The van der Waals surface area contributed by atoms with Crippen molar-refractivity contribution in [1.29, 1.82) is 0 Å². The van der Waals surface area contributed by atoms with E-state index in [-0.39, 0.29) is 12.1 Å². The quantitative estimate of drug-likeness (QED) is 0.480. The Hall–Kier alpha value is -3.32. The monoisotopic (exact) mass is 465 g/mol. The Kier molecular flexibility index (Phi) is 5.72. The lowest BCUT2D eigenvalue weighted by atomic mass is 9.98. The molecule has 150 valence electrons. The van der Waals surface area contributed by atoms with Crippen LogP contribution in [0.3, 0.4) is 0 Å². The largest absolute Gasteiger partial charge is 0.344 e. The topological polar surface area (TPSA) is 64.0 Å². The smallest absolute Gasteiger partial charge is 0.261 e. The lowest BCUT2D eigenvalue weighted by Crippen LogP contribution is -2.35. The van der Waals surface area contributed by atoms with E-state index in [1.807, 2.05) is 30.3 Å². The first-order valence-corrected chi connectivity index (χ1v) is 10.1. The van der Waals surface area contributed by atoms with E-state index in [4.69, 9.17) is 0 Å². The van der Waals surface area contributed by atoms with E-state index in [9.17, 15) is 14.0 Å². The fourth-order valence-corrected chi connectivity index (χ4v) is 3.63. The molecule has 1 heterocycles. The van der Waals surface area contributed by atoms with E-state index in [0.29, 0.717) is 20.9 Å². The summed E-state index contributed by atoms with van der Waals surface area (Å²) in [5, 5.41) is 3.29. The standard InChI is InChI=1S/C23H17BrFN3O2/c24-16-10-11-17(19(25)12-16)22(15-6-2-1-3-7-15)27-21(29)13-28-14-26-20-9-5-4-8-18(20)23(28)30/h1-12,14,22H,13H2,(H,27,29). The molecule has 0 aliphatic heterocycles. The summed E-state index contributed by atoms with van der Waals surface area (Å²) in [6.07, 6.45) is 1.35. The minimum Gasteiger partial charge on any atom is -0.344 e. The molecule has 1 N–H and O–H groups in total. The summed E-state index contributed by atoms with van der Waals surface area (Å²) in [4.78, 5) is 29.7. The normalized spacial score (nSPS) is 11.9. The number of rotatable bonds is 5. The molecule has 30 heavy (non-hydrogen) atoms. The third-order valence-corrected chi connectivity index (χ3v) is 5.25. The van der Waals surface area contributed by atoms with Gasteiger partial charge in [0.15, 0.2) is 0 Å². The van der Waals surface area contributed by atoms with Gasteiger partial charge in [0.05, 0.1) is 23.3 Å². The van der Waals surface area contributed by atoms with Crippen LogP contribution in [-0.4, -0.2) is 15.5 Å². The number of carbonyl (C=O) groups excluding carboxylic acids is 1. The molecule has 1 amide bonds. The van der Waals surface area contributed by atoms with Gasteiger partial charge in [-0.25, -0.2) is 9.37 Å². The predicted octanol–water partition coefficient (Wildman–Crippen LogP) is 4.20. The van der Waals surface area contributed by atoms with Crippen LogP contribution in [0, 0.1) is 5.82 Å². The molecular weight excluding hydrogens is 449 g/mol. The minimum atomic E-state index is -0.698. The molecule has 0 aliphatic rings. The fourth-order valence-electron chi connectivity index (χ4n) is 3.30. The SMILES string of the molecule is O=C(Cn1cnc2ccccc2c1=O)NC(c1ccccc1)c1ccc(Br)cc1F. The van der Waals surface area contributed by atoms with E-state index < -0.39 is 17.8 Å². The van der Waals surface area contributed by atoms with E-state index in [1.165, 1.54) is 17.0 Å². The maximum Gasteiger partial charge on any atom is 0.261 e. The molecule has 3 aromatic carbocycles. The van der Waals surface area contributed by atoms with Gasteiger partial charge < -0.3 is 5.32 Å². The summed E-state index contributed by atoms with van der Waals surface area (Å²) < 4.78 is 16.5. The maximum absolute atomic E-state index is 14.7. The number of hydrogen-bond donors (Lipinski definition) is 1. The second kappa shape index (κ2) is 8.59. The number of nitrogens with zero attached hydrogens (tertiary/aromatic N) is 2. The molecule has 5 nitrogen and oxygen atoms in total. The highest BCUT2D eigenvalue weighted by molar-refractivity contribution is 9.10. The number of carbonyl (C=O) groups is 1. The summed E-state index contributed by atoms with van der Waals surface area (Å²) >= 11 is 3.25. The van der Waals surface area contributed by atoms with Gasteiger partial charge in [-0.05, 0) is 29.8 Å². The molecule has 0 bridgehead atoms. The molecule has 0 radical (unpaired) electrons. The third-order valence-electron chi connectivity index (χ3n) is 4.76. The summed E-state index contributed by atoms with van der Waals surface area (Å²) in [6, 6.07) is 20.1. The molecule has 0 fully saturated rings. The molecule has 7 heteroatoms. The Morgan fingerprint density at radius 1 is 1.07 bits per heavy atom. The zero-order valence-corrected chi connectivity index (χ0v) is 17.3. The number of nitrogens with one attached hydrogen (secondary N) is 1. The number of halogens is 2. The van der Waals surface area contributed by atoms with Crippen molar-refractivity contribution in [3.05, 3.63) is 111 Å². The lowest BCUT2D eigenvalue weighted by Gasteiger charge is -2.21. The van der Waals surface area contributed by atoms with Crippen LogP contribution >= 0.6 is 15.9 Å². The number of aromatic nitrogens is 2. The molecule has 1 aromatic heterocycles. The summed E-state index contributed by atoms with van der Waals surface area (Å²) in [5.41, 5.74) is 1.33. The second-order valence-corrected chi connectivity index (χ2v) is 7.69. The minimum absolute atomic E-state index is 0.224. The summed E-state index contributed by atoms with van der Waals surface area (Å²) in [7, 11) is 0. The van der Waals surface area contributed by atoms with Gasteiger partial charge in [0.25, 0.3) is 5.56 Å². The molecule has 0 saturated carbocycles. The van der Waals surface area contributed by atoms with Crippen LogP contribution in [0.25, 0.3) is 10.9 Å². The van der Waals surface area contributed by atoms with Crippen LogP contribution < -0.4 is 10.9 Å². The number of fused-ring (bicyclic) bond motifs is 1. The Morgan fingerprint density at radius 3 is 2.57 bits per heavy atom. The number of benzene rings is 3. The predicted molar refractivity (Wildman–Crippen MR) is 117 cm³/mol. The van der Waals surface area contributed by atoms with Crippen molar-refractivity contribution in [2.24, 2.45) is 0 Å². The van der Waals surface area contributed by atoms with Crippen molar-refractivity contribution in [2.45, 2.75) is 12.6 Å². The highest BCUT2D eigenvalue weighted by Crippen LogP contribution is 2.26. The van der Waals surface area contributed by atoms with Crippen molar-refractivity contribution >= 4 is 32.7 Å². The van der Waals surface area contributed by atoms with E-state index in [2.05, 4.69) is 26.2 Å². The Bertz CT molecular complexity index is 1270. The summed E-state index contributed by atoms with van der Waals surface area (Å²) in [6.45, 7) is -0.224. The molecule has 0 spiro atoms. The first-order chi connectivity index (χ1) is 14.5. The van der Waals surface area contributed by atoms with Crippen molar-refractivity contribution in [3.63, 3.8) is 0 Å². The zero-order chi connectivity index (χ0) is 21.1. The van der Waals surface area contributed by atoms with Crippen LogP contribution in [0.1, 0.15) is 17.2 Å². The van der Waals surface area contributed by atoms with Gasteiger partial charge in [-0.2, -0.15) is 0 Å². The van der Waals surface area contributed by atoms with Gasteiger partial charge in [0.1, 0.15) is 12.4 Å². The van der Waals surface area contributed by atoms with E-state index in [1.54, 1.807) is 36.4 Å².